The highest BCUT2D eigenvalue weighted by molar-refractivity contribution is 6.34. The summed E-state index contributed by atoms with van der Waals surface area (Å²) in [6.45, 7) is 0. The van der Waals surface area contributed by atoms with E-state index in [1.807, 2.05) is 30.3 Å². The standard InChI is InChI=1S/C15H11Cl2N3/c16-12-5-10(6-13(17)8-12)7-14-9-15(20-19-14)11-1-3-18-4-2-11/h1-6,8-9H,7H2,(H,19,20). The number of nitrogens with one attached hydrogen (secondary N) is 1. The van der Waals surface area contributed by atoms with E-state index in [4.69, 9.17) is 23.2 Å². The Kier molecular flexibility index (Phi) is 3.72. The Balaban J connectivity index is 1.84. The number of hydrogen-bond acceptors (Lipinski definition) is 2. The van der Waals surface area contributed by atoms with Gasteiger partial charge in [-0.2, -0.15) is 5.10 Å². The number of rotatable bonds is 3. The molecule has 1 aromatic carbocycles. The summed E-state index contributed by atoms with van der Waals surface area (Å²) < 4.78 is 0. The zero-order chi connectivity index (χ0) is 13.9. The van der Waals surface area contributed by atoms with Crippen molar-refractivity contribution < 1.29 is 0 Å². The first-order chi connectivity index (χ1) is 9.70. The predicted molar refractivity (Wildman–Crippen MR) is 81.1 cm³/mol. The smallest absolute Gasteiger partial charge is 0.0924 e. The maximum atomic E-state index is 6.00. The number of benzene rings is 1. The molecule has 3 nitrogen and oxygen atoms in total. The number of H-pyrrole nitrogens is 1. The molecule has 0 unspecified atom stereocenters. The van der Waals surface area contributed by atoms with Crippen LogP contribution in [-0.4, -0.2) is 15.2 Å². The van der Waals surface area contributed by atoms with Crippen molar-refractivity contribution in [3.8, 4) is 11.3 Å². The highest BCUT2D eigenvalue weighted by atomic mass is 35.5. The maximum Gasteiger partial charge on any atom is 0.0924 e. The summed E-state index contributed by atoms with van der Waals surface area (Å²) in [7, 11) is 0. The van der Waals surface area contributed by atoms with Crippen LogP contribution in [0.4, 0.5) is 0 Å². The fraction of sp³-hybridized carbons (Fsp3) is 0.0667. The number of nitrogens with zero attached hydrogens (tertiary/aromatic N) is 2. The molecule has 0 aliphatic rings. The number of halogens is 2. The number of pyridine rings is 1. The molecule has 0 amide bonds. The van der Waals surface area contributed by atoms with Gasteiger partial charge in [-0.1, -0.05) is 23.2 Å². The van der Waals surface area contributed by atoms with Crippen LogP contribution in [0.2, 0.25) is 10.0 Å². The minimum Gasteiger partial charge on any atom is -0.282 e. The molecule has 0 bridgehead atoms. The van der Waals surface area contributed by atoms with Crippen LogP contribution in [0, 0.1) is 0 Å². The quantitative estimate of drug-likeness (QED) is 0.780. The molecule has 3 aromatic rings. The second-order valence-electron chi connectivity index (χ2n) is 4.47. The molecular weight excluding hydrogens is 293 g/mol. The fourth-order valence-corrected chi connectivity index (χ4v) is 2.63. The van der Waals surface area contributed by atoms with E-state index in [1.165, 1.54) is 0 Å². The monoisotopic (exact) mass is 303 g/mol. The van der Waals surface area contributed by atoms with Gasteiger partial charge in [-0.25, -0.2) is 0 Å². The Hall–Kier alpha value is -1.84. The average molecular weight is 304 g/mol. The van der Waals surface area contributed by atoms with E-state index in [2.05, 4.69) is 15.2 Å². The van der Waals surface area contributed by atoms with Crippen LogP contribution >= 0.6 is 23.2 Å². The number of hydrogen-bond donors (Lipinski definition) is 1. The summed E-state index contributed by atoms with van der Waals surface area (Å²) >= 11 is 12.0. The van der Waals surface area contributed by atoms with Crippen LogP contribution in [0.5, 0.6) is 0 Å². The van der Waals surface area contributed by atoms with Crippen molar-refractivity contribution in [1.29, 1.82) is 0 Å². The summed E-state index contributed by atoms with van der Waals surface area (Å²) in [5.41, 5.74) is 3.99. The van der Waals surface area contributed by atoms with Crippen molar-refractivity contribution in [3.63, 3.8) is 0 Å². The molecule has 0 atom stereocenters. The van der Waals surface area contributed by atoms with E-state index in [-0.39, 0.29) is 0 Å². The van der Waals surface area contributed by atoms with Crippen LogP contribution in [0.1, 0.15) is 11.3 Å². The van der Waals surface area contributed by atoms with Gasteiger partial charge in [0.05, 0.1) is 5.69 Å². The molecule has 100 valence electrons. The summed E-state index contributed by atoms with van der Waals surface area (Å²) in [4.78, 5) is 4.00. The molecule has 0 spiro atoms. The van der Waals surface area contributed by atoms with Crippen LogP contribution in [0.15, 0.2) is 48.8 Å². The van der Waals surface area contributed by atoms with Gasteiger partial charge in [-0.3, -0.25) is 10.1 Å². The van der Waals surface area contributed by atoms with Crippen LogP contribution in [0.3, 0.4) is 0 Å². The Morgan fingerprint density at radius 3 is 2.35 bits per heavy atom. The third-order valence-electron chi connectivity index (χ3n) is 2.92. The molecule has 1 N–H and O–H groups in total. The van der Waals surface area contributed by atoms with Gasteiger partial charge in [0, 0.05) is 40.1 Å². The topological polar surface area (TPSA) is 41.6 Å². The lowest BCUT2D eigenvalue weighted by Crippen LogP contribution is -1.88. The van der Waals surface area contributed by atoms with Gasteiger partial charge in [0.15, 0.2) is 0 Å². The molecule has 0 saturated carbocycles. The molecule has 3 rings (SSSR count). The highest BCUT2D eigenvalue weighted by Gasteiger charge is 2.05. The SMILES string of the molecule is Clc1cc(Cl)cc(Cc2cc(-c3ccncc3)n[nH]2)c1. The highest BCUT2D eigenvalue weighted by Crippen LogP contribution is 2.22. The molecule has 2 aromatic heterocycles. The molecule has 0 fully saturated rings. The second kappa shape index (κ2) is 5.65. The van der Waals surface area contributed by atoms with Crippen molar-refractivity contribution in [2.24, 2.45) is 0 Å². The maximum absolute atomic E-state index is 6.00. The zero-order valence-corrected chi connectivity index (χ0v) is 12.0. The molecule has 0 saturated heterocycles. The molecular formula is C15H11Cl2N3. The van der Waals surface area contributed by atoms with E-state index >= 15 is 0 Å². The van der Waals surface area contributed by atoms with E-state index in [0.29, 0.717) is 16.5 Å². The Labute approximate surface area is 126 Å². The molecule has 2 heterocycles. The first-order valence-corrected chi connectivity index (χ1v) is 6.86. The summed E-state index contributed by atoms with van der Waals surface area (Å²) in [5, 5.41) is 8.62. The normalized spacial score (nSPS) is 10.7. The lowest BCUT2D eigenvalue weighted by atomic mass is 10.1. The molecule has 0 radical (unpaired) electrons. The van der Waals surface area contributed by atoms with Crippen molar-refractivity contribution in [3.05, 3.63) is 70.1 Å². The minimum absolute atomic E-state index is 0.640. The molecule has 0 aliphatic heterocycles. The molecule has 0 aliphatic carbocycles. The van der Waals surface area contributed by atoms with Crippen LogP contribution in [0.25, 0.3) is 11.3 Å². The Morgan fingerprint density at radius 2 is 1.65 bits per heavy atom. The summed E-state index contributed by atoms with van der Waals surface area (Å²) in [6.07, 6.45) is 4.21. The van der Waals surface area contributed by atoms with Gasteiger partial charge in [-0.05, 0) is 42.0 Å². The van der Waals surface area contributed by atoms with Gasteiger partial charge in [0.2, 0.25) is 0 Å². The zero-order valence-electron chi connectivity index (χ0n) is 10.5. The van der Waals surface area contributed by atoms with Crippen molar-refractivity contribution in [1.82, 2.24) is 15.2 Å². The largest absolute Gasteiger partial charge is 0.282 e. The van der Waals surface area contributed by atoms with E-state index in [9.17, 15) is 0 Å². The van der Waals surface area contributed by atoms with E-state index in [1.54, 1.807) is 18.5 Å². The van der Waals surface area contributed by atoms with Gasteiger partial charge in [0.1, 0.15) is 0 Å². The lowest BCUT2D eigenvalue weighted by molar-refractivity contribution is 0.998. The van der Waals surface area contributed by atoms with Crippen molar-refractivity contribution in [2.45, 2.75) is 6.42 Å². The van der Waals surface area contributed by atoms with Crippen LogP contribution in [-0.2, 0) is 6.42 Å². The van der Waals surface area contributed by atoms with Gasteiger partial charge in [-0.15, -0.1) is 0 Å². The Morgan fingerprint density at radius 1 is 0.950 bits per heavy atom. The van der Waals surface area contributed by atoms with Gasteiger partial charge < -0.3 is 0 Å². The Bertz CT molecular complexity index is 703. The minimum atomic E-state index is 0.640. The van der Waals surface area contributed by atoms with Crippen LogP contribution < -0.4 is 0 Å². The van der Waals surface area contributed by atoms with E-state index < -0.39 is 0 Å². The van der Waals surface area contributed by atoms with Crippen molar-refractivity contribution >= 4 is 23.2 Å². The van der Waals surface area contributed by atoms with Crippen molar-refractivity contribution in [2.75, 3.05) is 0 Å². The predicted octanol–water partition coefficient (Wildman–Crippen LogP) is 4.37. The molecule has 20 heavy (non-hydrogen) atoms. The summed E-state index contributed by atoms with van der Waals surface area (Å²) in [6, 6.07) is 11.4. The average Bonchev–Trinajstić information content (AvgIpc) is 2.87. The van der Waals surface area contributed by atoms with Gasteiger partial charge >= 0.3 is 0 Å². The van der Waals surface area contributed by atoms with Gasteiger partial charge in [0.25, 0.3) is 0 Å². The summed E-state index contributed by atoms with van der Waals surface area (Å²) in [5.74, 6) is 0. The number of aromatic nitrogens is 3. The molecule has 5 heteroatoms. The van der Waals surface area contributed by atoms with E-state index in [0.717, 1.165) is 22.5 Å². The fourth-order valence-electron chi connectivity index (χ4n) is 2.06. The first kappa shape index (κ1) is 13.2. The third kappa shape index (κ3) is 3.00. The lowest BCUT2D eigenvalue weighted by Gasteiger charge is -2.01. The number of aromatic amines is 1. The first-order valence-electron chi connectivity index (χ1n) is 6.10. The second-order valence-corrected chi connectivity index (χ2v) is 5.34. The third-order valence-corrected chi connectivity index (χ3v) is 3.36.